The van der Waals surface area contributed by atoms with Gasteiger partial charge in [0.1, 0.15) is 22.3 Å². The Balaban J connectivity index is 1.38. The van der Waals surface area contributed by atoms with Crippen molar-refractivity contribution in [3.63, 3.8) is 0 Å². The van der Waals surface area contributed by atoms with E-state index in [0.717, 1.165) is 80.5 Å². The fourth-order valence-electron chi connectivity index (χ4n) is 5.11. The van der Waals surface area contributed by atoms with Crippen molar-refractivity contribution in [1.29, 1.82) is 0 Å². The maximum Gasteiger partial charge on any atom is 0.156 e. The summed E-state index contributed by atoms with van der Waals surface area (Å²) < 4.78 is 2.45. The molecule has 32 heavy (non-hydrogen) atoms. The van der Waals surface area contributed by atoms with E-state index in [4.69, 9.17) is 22.2 Å². The first kappa shape index (κ1) is 21.3. The smallest absolute Gasteiger partial charge is 0.156 e. The molecule has 2 aliphatic rings. The van der Waals surface area contributed by atoms with E-state index < -0.39 is 0 Å². The average Bonchev–Trinajstić information content (AvgIpc) is 3.19. The van der Waals surface area contributed by atoms with Gasteiger partial charge < -0.3 is 14.8 Å². The highest BCUT2D eigenvalue weighted by Gasteiger charge is 2.28. The Labute approximate surface area is 195 Å². The predicted molar refractivity (Wildman–Crippen MR) is 135 cm³/mol. The van der Waals surface area contributed by atoms with Crippen molar-refractivity contribution in [2.45, 2.75) is 39.2 Å². The number of benzene rings is 1. The van der Waals surface area contributed by atoms with Gasteiger partial charge in [-0.3, -0.25) is 4.90 Å². The van der Waals surface area contributed by atoms with E-state index in [1.807, 2.05) is 0 Å². The van der Waals surface area contributed by atoms with E-state index in [-0.39, 0.29) is 0 Å². The molecule has 4 heterocycles. The normalized spacial score (nSPS) is 16.8. The standard InChI is InChI=1S/C25H32N6S/c1-2-26-25(32)21-20-10-6-7-12-31(20)23-22(21)27-18-28-24(23)30-16-14-29(15-17-30)13-11-19-8-4-3-5-9-19/h3-5,8-9,18H,2,6-7,10-17H2,1H3,(H,26,32). The topological polar surface area (TPSA) is 49.2 Å². The summed E-state index contributed by atoms with van der Waals surface area (Å²) in [6.45, 7) is 9.17. The molecule has 1 aromatic carbocycles. The third kappa shape index (κ3) is 4.11. The lowest BCUT2D eigenvalue weighted by atomic mass is 10.1. The summed E-state index contributed by atoms with van der Waals surface area (Å²) in [7, 11) is 0. The molecule has 0 bridgehead atoms. The summed E-state index contributed by atoms with van der Waals surface area (Å²) in [5, 5.41) is 3.36. The minimum absolute atomic E-state index is 0.823. The number of hydrogen-bond acceptors (Lipinski definition) is 5. The van der Waals surface area contributed by atoms with E-state index in [0.29, 0.717) is 0 Å². The van der Waals surface area contributed by atoms with Crippen LogP contribution in [0.2, 0.25) is 0 Å². The quantitative estimate of drug-likeness (QED) is 0.583. The summed E-state index contributed by atoms with van der Waals surface area (Å²) in [5.74, 6) is 1.08. The summed E-state index contributed by atoms with van der Waals surface area (Å²) in [5.41, 5.74) is 6.07. The Bertz CT molecular complexity index is 1080. The predicted octanol–water partition coefficient (Wildman–Crippen LogP) is 3.42. The van der Waals surface area contributed by atoms with Gasteiger partial charge in [0.25, 0.3) is 0 Å². The van der Waals surface area contributed by atoms with E-state index >= 15 is 0 Å². The van der Waals surface area contributed by atoms with Gasteiger partial charge in [-0.05, 0) is 38.2 Å². The number of nitrogens with zero attached hydrogens (tertiary/aromatic N) is 5. The second-order valence-corrected chi connectivity index (χ2v) is 9.16. The van der Waals surface area contributed by atoms with Gasteiger partial charge in [0, 0.05) is 51.5 Å². The molecule has 0 radical (unpaired) electrons. The molecule has 5 rings (SSSR count). The molecule has 0 spiro atoms. The van der Waals surface area contributed by atoms with Gasteiger partial charge in [-0.25, -0.2) is 9.97 Å². The molecule has 1 fully saturated rings. The minimum Gasteiger partial charge on any atom is -0.376 e. The summed E-state index contributed by atoms with van der Waals surface area (Å²) in [4.78, 5) is 15.4. The molecule has 0 atom stereocenters. The van der Waals surface area contributed by atoms with Gasteiger partial charge in [0.15, 0.2) is 5.82 Å². The molecular formula is C25H32N6S. The number of aromatic nitrogens is 3. The van der Waals surface area contributed by atoms with Crippen molar-refractivity contribution in [2.24, 2.45) is 0 Å². The van der Waals surface area contributed by atoms with Gasteiger partial charge in [-0.1, -0.05) is 42.5 Å². The van der Waals surface area contributed by atoms with Crippen LogP contribution in [-0.2, 0) is 19.4 Å². The number of nitrogens with one attached hydrogen (secondary N) is 1. The zero-order valence-electron chi connectivity index (χ0n) is 18.9. The van der Waals surface area contributed by atoms with Crippen LogP contribution < -0.4 is 10.2 Å². The van der Waals surface area contributed by atoms with Crippen LogP contribution in [0.5, 0.6) is 0 Å². The molecule has 0 amide bonds. The Hall–Kier alpha value is -2.51. The number of fused-ring (bicyclic) bond motifs is 3. The lowest BCUT2D eigenvalue weighted by Crippen LogP contribution is -2.47. The Morgan fingerprint density at radius 3 is 2.62 bits per heavy atom. The van der Waals surface area contributed by atoms with Crippen molar-refractivity contribution in [2.75, 3.05) is 44.2 Å². The van der Waals surface area contributed by atoms with E-state index in [2.05, 4.69) is 56.9 Å². The molecule has 168 valence electrons. The molecule has 7 heteroatoms. The van der Waals surface area contributed by atoms with Crippen LogP contribution in [-0.4, -0.2) is 63.7 Å². The van der Waals surface area contributed by atoms with Crippen molar-refractivity contribution in [1.82, 2.24) is 24.8 Å². The highest BCUT2D eigenvalue weighted by Crippen LogP contribution is 2.34. The number of anilines is 1. The van der Waals surface area contributed by atoms with Crippen molar-refractivity contribution in [3.05, 3.63) is 53.5 Å². The Kier molecular flexibility index (Phi) is 6.37. The fourth-order valence-corrected chi connectivity index (χ4v) is 5.47. The molecule has 2 aromatic heterocycles. The number of thiocarbonyl (C=S) groups is 1. The van der Waals surface area contributed by atoms with Crippen LogP contribution in [0, 0.1) is 0 Å². The molecule has 0 saturated carbocycles. The van der Waals surface area contributed by atoms with E-state index in [1.54, 1.807) is 6.33 Å². The number of piperazine rings is 1. The zero-order chi connectivity index (χ0) is 21.9. The SMILES string of the molecule is CCNC(=S)c1c2n(c3c(N4CCN(CCc5ccccc5)CC4)ncnc13)CCCC2. The first-order chi connectivity index (χ1) is 15.8. The second kappa shape index (κ2) is 9.55. The zero-order valence-corrected chi connectivity index (χ0v) is 19.7. The minimum atomic E-state index is 0.823. The van der Waals surface area contributed by atoms with Crippen molar-refractivity contribution >= 4 is 34.1 Å². The maximum atomic E-state index is 5.77. The van der Waals surface area contributed by atoms with Crippen LogP contribution in [0.15, 0.2) is 36.7 Å². The highest BCUT2D eigenvalue weighted by molar-refractivity contribution is 7.80. The first-order valence-electron chi connectivity index (χ1n) is 11.9. The summed E-state index contributed by atoms with van der Waals surface area (Å²) >= 11 is 5.77. The number of hydrogen-bond donors (Lipinski definition) is 1. The van der Waals surface area contributed by atoms with E-state index in [9.17, 15) is 0 Å². The lowest BCUT2D eigenvalue weighted by molar-refractivity contribution is 0.260. The van der Waals surface area contributed by atoms with Gasteiger partial charge in [-0.2, -0.15) is 0 Å². The monoisotopic (exact) mass is 448 g/mol. The lowest BCUT2D eigenvalue weighted by Gasteiger charge is -2.35. The average molecular weight is 449 g/mol. The maximum absolute atomic E-state index is 5.77. The molecule has 3 aromatic rings. The van der Waals surface area contributed by atoms with Crippen LogP contribution in [0.4, 0.5) is 5.82 Å². The number of aryl methyl sites for hydroxylation is 1. The molecule has 0 unspecified atom stereocenters. The van der Waals surface area contributed by atoms with Crippen molar-refractivity contribution < 1.29 is 0 Å². The summed E-state index contributed by atoms with van der Waals surface area (Å²) in [6, 6.07) is 10.8. The molecule has 6 nitrogen and oxygen atoms in total. The highest BCUT2D eigenvalue weighted by atomic mass is 32.1. The molecule has 0 aliphatic carbocycles. The Morgan fingerprint density at radius 1 is 1.03 bits per heavy atom. The van der Waals surface area contributed by atoms with Crippen LogP contribution in [0.3, 0.4) is 0 Å². The van der Waals surface area contributed by atoms with Gasteiger partial charge in [0.05, 0.1) is 5.56 Å². The molecule has 1 saturated heterocycles. The number of rotatable bonds is 6. The second-order valence-electron chi connectivity index (χ2n) is 8.75. The van der Waals surface area contributed by atoms with Crippen LogP contribution in [0.25, 0.3) is 11.0 Å². The van der Waals surface area contributed by atoms with Crippen LogP contribution >= 0.6 is 12.2 Å². The Morgan fingerprint density at radius 2 is 1.84 bits per heavy atom. The molecule has 2 aliphatic heterocycles. The van der Waals surface area contributed by atoms with Gasteiger partial charge in [-0.15, -0.1) is 0 Å². The van der Waals surface area contributed by atoms with Crippen LogP contribution in [0.1, 0.15) is 36.6 Å². The first-order valence-corrected chi connectivity index (χ1v) is 12.3. The summed E-state index contributed by atoms with van der Waals surface area (Å²) in [6.07, 6.45) is 6.30. The van der Waals surface area contributed by atoms with Gasteiger partial charge >= 0.3 is 0 Å². The molecule has 1 N–H and O–H groups in total. The largest absolute Gasteiger partial charge is 0.376 e. The third-order valence-corrected chi connectivity index (χ3v) is 7.11. The third-order valence-electron chi connectivity index (χ3n) is 6.77. The molecular weight excluding hydrogens is 416 g/mol. The van der Waals surface area contributed by atoms with Gasteiger partial charge in [0.2, 0.25) is 0 Å². The van der Waals surface area contributed by atoms with E-state index in [1.165, 1.54) is 29.6 Å². The van der Waals surface area contributed by atoms with Crippen molar-refractivity contribution in [3.8, 4) is 0 Å². The fraction of sp³-hybridized carbons (Fsp3) is 0.480.